The molecule has 0 bridgehead atoms. The molecule has 1 aromatic rings. The van der Waals surface area contributed by atoms with Gasteiger partial charge in [-0.05, 0) is 44.7 Å². The number of hydrogen-bond acceptors (Lipinski definition) is 2. The van der Waals surface area contributed by atoms with Crippen molar-refractivity contribution in [2.24, 2.45) is 0 Å². The van der Waals surface area contributed by atoms with Crippen molar-refractivity contribution in [3.63, 3.8) is 0 Å². The minimum absolute atomic E-state index is 0.0903. The molecule has 0 aromatic heterocycles. The number of ketones is 1. The average Bonchev–Trinajstić information content (AvgIpc) is 2.88. The zero-order chi connectivity index (χ0) is 14.7. The van der Waals surface area contributed by atoms with E-state index >= 15 is 0 Å². The van der Waals surface area contributed by atoms with Crippen molar-refractivity contribution in [2.75, 3.05) is 13.1 Å². The number of Topliss-reactive ketones (excluding diaryl/α,β-unsaturated/α-hetero) is 1. The van der Waals surface area contributed by atoms with E-state index in [0.29, 0.717) is 12.8 Å². The van der Waals surface area contributed by atoms with Crippen LogP contribution in [0.15, 0.2) is 12.1 Å². The number of hydrogen-bond donors (Lipinski definition) is 0. The van der Waals surface area contributed by atoms with Crippen molar-refractivity contribution in [1.29, 1.82) is 0 Å². The van der Waals surface area contributed by atoms with Crippen LogP contribution < -0.4 is 0 Å². The van der Waals surface area contributed by atoms with Gasteiger partial charge in [0.1, 0.15) is 0 Å². The van der Waals surface area contributed by atoms with Gasteiger partial charge in [-0.3, -0.25) is 9.59 Å². The standard InChI is InChI=1S/C17H23NO2/c1-12-10-13(2)17(14(3)11-12)15(19)6-7-16(20)18-8-4-5-9-18/h10-11H,4-9H2,1-3H3. The Morgan fingerprint density at radius 1 is 1.00 bits per heavy atom. The lowest BCUT2D eigenvalue weighted by Crippen LogP contribution is -2.27. The third-order valence-corrected chi connectivity index (χ3v) is 3.98. The first-order valence-electron chi connectivity index (χ1n) is 7.38. The van der Waals surface area contributed by atoms with Crippen molar-refractivity contribution < 1.29 is 9.59 Å². The van der Waals surface area contributed by atoms with Gasteiger partial charge < -0.3 is 4.90 Å². The summed E-state index contributed by atoms with van der Waals surface area (Å²) in [5, 5.41) is 0. The number of likely N-dealkylation sites (tertiary alicyclic amines) is 1. The molecule has 0 atom stereocenters. The minimum Gasteiger partial charge on any atom is -0.343 e. The Balaban J connectivity index is 2.00. The Kier molecular flexibility index (Phi) is 4.58. The van der Waals surface area contributed by atoms with E-state index in [2.05, 4.69) is 0 Å². The van der Waals surface area contributed by atoms with Crippen molar-refractivity contribution in [3.8, 4) is 0 Å². The molecule has 1 fully saturated rings. The number of amides is 1. The molecule has 0 radical (unpaired) electrons. The summed E-state index contributed by atoms with van der Waals surface area (Å²) in [7, 11) is 0. The molecule has 3 nitrogen and oxygen atoms in total. The summed E-state index contributed by atoms with van der Waals surface area (Å²) in [6.45, 7) is 7.68. The monoisotopic (exact) mass is 273 g/mol. The second-order valence-electron chi connectivity index (χ2n) is 5.78. The molecule has 1 aromatic carbocycles. The van der Waals surface area contributed by atoms with Crippen LogP contribution in [0.1, 0.15) is 52.7 Å². The maximum atomic E-state index is 12.3. The van der Waals surface area contributed by atoms with Crippen LogP contribution in [0.4, 0.5) is 0 Å². The normalized spacial score (nSPS) is 14.7. The average molecular weight is 273 g/mol. The highest BCUT2D eigenvalue weighted by atomic mass is 16.2. The Labute approximate surface area is 121 Å². The molecule has 3 heteroatoms. The third kappa shape index (κ3) is 3.27. The number of aryl methyl sites for hydroxylation is 3. The van der Waals surface area contributed by atoms with E-state index in [1.54, 1.807) is 0 Å². The molecule has 0 saturated carbocycles. The smallest absolute Gasteiger partial charge is 0.223 e. The van der Waals surface area contributed by atoms with Crippen molar-refractivity contribution in [1.82, 2.24) is 4.90 Å². The van der Waals surface area contributed by atoms with Gasteiger partial charge in [0.2, 0.25) is 5.91 Å². The fourth-order valence-corrected chi connectivity index (χ4v) is 3.09. The molecule has 0 spiro atoms. The lowest BCUT2D eigenvalue weighted by molar-refractivity contribution is -0.130. The van der Waals surface area contributed by atoms with E-state index in [0.717, 1.165) is 42.6 Å². The van der Waals surface area contributed by atoms with Gasteiger partial charge in [-0.2, -0.15) is 0 Å². The Morgan fingerprint density at radius 2 is 1.55 bits per heavy atom. The molecule has 108 valence electrons. The Morgan fingerprint density at radius 3 is 2.10 bits per heavy atom. The molecule has 0 aliphatic carbocycles. The van der Waals surface area contributed by atoms with Crippen molar-refractivity contribution in [2.45, 2.75) is 46.5 Å². The van der Waals surface area contributed by atoms with Crippen LogP contribution in [0.3, 0.4) is 0 Å². The first kappa shape index (κ1) is 14.8. The lowest BCUT2D eigenvalue weighted by atomic mass is 9.94. The summed E-state index contributed by atoms with van der Waals surface area (Å²) in [4.78, 5) is 26.2. The summed E-state index contributed by atoms with van der Waals surface area (Å²) in [6, 6.07) is 4.06. The predicted molar refractivity (Wildman–Crippen MR) is 80.0 cm³/mol. The maximum absolute atomic E-state index is 12.3. The molecular formula is C17H23NO2. The topological polar surface area (TPSA) is 37.4 Å². The van der Waals surface area contributed by atoms with Gasteiger partial charge in [0.15, 0.2) is 5.78 Å². The SMILES string of the molecule is Cc1cc(C)c(C(=O)CCC(=O)N2CCCC2)c(C)c1. The number of carbonyl (C=O) groups excluding carboxylic acids is 2. The van der Waals surface area contributed by atoms with Gasteiger partial charge >= 0.3 is 0 Å². The zero-order valence-electron chi connectivity index (χ0n) is 12.7. The lowest BCUT2D eigenvalue weighted by Gasteiger charge is -2.15. The van der Waals surface area contributed by atoms with Crippen molar-refractivity contribution in [3.05, 3.63) is 34.4 Å². The highest BCUT2D eigenvalue weighted by Crippen LogP contribution is 2.19. The van der Waals surface area contributed by atoms with Crippen LogP contribution in [0, 0.1) is 20.8 Å². The summed E-state index contributed by atoms with van der Waals surface area (Å²) in [6.07, 6.45) is 2.84. The molecule has 20 heavy (non-hydrogen) atoms. The number of nitrogens with zero attached hydrogens (tertiary/aromatic N) is 1. The largest absolute Gasteiger partial charge is 0.343 e. The second-order valence-corrected chi connectivity index (χ2v) is 5.78. The number of rotatable bonds is 4. The fourth-order valence-electron chi connectivity index (χ4n) is 3.09. The van der Waals surface area contributed by atoms with Crippen LogP contribution >= 0.6 is 0 Å². The van der Waals surface area contributed by atoms with Crippen LogP contribution in [-0.4, -0.2) is 29.7 Å². The molecule has 2 rings (SSSR count). The molecule has 1 saturated heterocycles. The second kappa shape index (κ2) is 6.21. The summed E-state index contributed by atoms with van der Waals surface area (Å²) in [5.41, 5.74) is 4.00. The van der Waals surface area contributed by atoms with Gasteiger partial charge in [-0.1, -0.05) is 17.7 Å². The van der Waals surface area contributed by atoms with Gasteiger partial charge in [-0.15, -0.1) is 0 Å². The van der Waals surface area contributed by atoms with E-state index in [9.17, 15) is 9.59 Å². The maximum Gasteiger partial charge on any atom is 0.223 e. The molecule has 1 aliphatic rings. The van der Waals surface area contributed by atoms with Crippen molar-refractivity contribution >= 4 is 11.7 Å². The number of carbonyl (C=O) groups is 2. The first-order chi connectivity index (χ1) is 9.49. The summed E-state index contributed by atoms with van der Waals surface area (Å²) < 4.78 is 0. The van der Waals surface area contributed by atoms with Gasteiger partial charge in [0.05, 0.1) is 0 Å². The molecular weight excluding hydrogens is 250 g/mol. The van der Waals surface area contributed by atoms with Crippen LogP contribution in [-0.2, 0) is 4.79 Å². The first-order valence-corrected chi connectivity index (χ1v) is 7.38. The Hall–Kier alpha value is -1.64. The summed E-state index contributed by atoms with van der Waals surface area (Å²) >= 11 is 0. The molecule has 0 unspecified atom stereocenters. The Bertz CT molecular complexity index is 505. The van der Waals surface area contributed by atoms with E-state index in [-0.39, 0.29) is 11.7 Å². The molecule has 0 N–H and O–H groups in total. The van der Waals surface area contributed by atoms with E-state index in [1.165, 1.54) is 5.56 Å². The highest BCUT2D eigenvalue weighted by Gasteiger charge is 2.20. The fraction of sp³-hybridized carbons (Fsp3) is 0.529. The minimum atomic E-state index is 0.0903. The quantitative estimate of drug-likeness (QED) is 0.790. The number of benzene rings is 1. The van der Waals surface area contributed by atoms with E-state index < -0.39 is 0 Å². The summed E-state index contributed by atoms with van der Waals surface area (Å²) in [5.74, 6) is 0.214. The van der Waals surface area contributed by atoms with Crippen LogP contribution in [0.25, 0.3) is 0 Å². The molecule has 1 heterocycles. The van der Waals surface area contributed by atoms with Gasteiger partial charge in [0, 0.05) is 31.5 Å². The molecule has 1 aliphatic heterocycles. The van der Waals surface area contributed by atoms with Gasteiger partial charge in [-0.25, -0.2) is 0 Å². The van der Waals surface area contributed by atoms with Gasteiger partial charge in [0.25, 0.3) is 0 Å². The van der Waals surface area contributed by atoms with E-state index in [1.807, 2.05) is 37.8 Å². The molecule has 1 amide bonds. The van der Waals surface area contributed by atoms with E-state index in [4.69, 9.17) is 0 Å². The zero-order valence-corrected chi connectivity index (χ0v) is 12.7. The third-order valence-electron chi connectivity index (χ3n) is 3.98. The van der Waals surface area contributed by atoms with Crippen LogP contribution in [0.5, 0.6) is 0 Å². The van der Waals surface area contributed by atoms with Crippen LogP contribution in [0.2, 0.25) is 0 Å². The predicted octanol–water partition coefficient (Wildman–Crippen LogP) is 3.20. The highest BCUT2D eigenvalue weighted by molar-refractivity contribution is 6.00.